The van der Waals surface area contributed by atoms with Crippen LogP contribution in [0.5, 0.6) is 5.75 Å². The highest BCUT2D eigenvalue weighted by Gasteiger charge is 2.50. The summed E-state index contributed by atoms with van der Waals surface area (Å²) >= 11 is 3.35. The average Bonchev–Trinajstić information content (AvgIpc) is 3.16. The van der Waals surface area contributed by atoms with Gasteiger partial charge >= 0.3 is 5.97 Å². The van der Waals surface area contributed by atoms with Crippen LogP contribution in [0.1, 0.15) is 37.0 Å². The Morgan fingerprint density at radius 1 is 1.43 bits per heavy atom. The van der Waals surface area contributed by atoms with E-state index in [0.717, 1.165) is 4.47 Å². The number of carbonyl (C=O) groups is 2. The third-order valence-corrected chi connectivity index (χ3v) is 3.94. The predicted molar refractivity (Wildman–Crippen MR) is 81.5 cm³/mol. The average molecular weight is 356 g/mol. The number of halogens is 1. The largest absolute Gasteiger partial charge is 0.490 e. The number of hydrogen-bond donors (Lipinski definition) is 2. The Bertz CT molecular complexity index is 567. The van der Waals surface area contributed by atoms with Crippen molar-refractivity contribution in [3.05, 3.63) is 28.2 Å². The lowest BCUT2D eigenvalue weighted by Crippen LogP contribution is -2.34. The highest BCUT2D eigenvalue weighted by molar-refractivity contribution is 9.10. The molecule has 0 radical (unpaired) electrons. The molecule has 1 aliphatic rings. The molecule has 21 heavy (non-hydrogen) atoms. The predicted octanol–water partition coefficient (Wildman–Crippen LogP) is 2.83. The third-order valence-electron chi connectivity index (χ3n) is 3.45. The molecule has 0 saturated heterocycles. The normalized spacial score (nSPS) is 15.6. The summed E-state index contributed by atoms with van der Waals surface area (Å²) in [5.74, 6) is -0.681. The summed E-state index contributed by atoms with van der Waals surface area (Å²) < 4.78 is 6.45. The molecular weight excluding hydrogens is 338 g/mol. The van der Waals surface area contributed by atoms with E-state index in [1.54, 1.807) is 18.2 Å². The van der Waals surface area contributed by atoms with Gasteiger partial charge in [-0.3, -0.25) is 9.59 Å². The van der Waals surface area contributed by atoms with E-state index in [-0.39, 0.29) is 18.6 Å². The lowest BCUT2D eigenvalue weighted by molar-refractivity contribution is -0.143. The van der Waals surface area contributed by atoms with Gasteiger partial charge < -0.3 is 15.2 Å². The van der Waals surface area contributed by atoms with E-state index in [1.165, 1.54) is 0 Å². The van der Waals surface area contributed by atoms with Crippen LogP contribution in [-0.4, -0.2) is 29.6 Å². The second-order valence-electron chi connectivity index (χ2n) is 5.58. The van der Waals surface area contributed by atoms with Crippen LogP contribution in [0.2, 0.25) is 0 Å². The summed E-state index contributed by atoms with van der Waals surface area (Å²) in [7, 11) is 0. The van der Waals surface area contributed by atoms with Crippen LogP contribution in [0.4, 0.5) is 0 Å². The van der Waals surface area contributed by atoms with Crippen molar-refractivity contribution in [2.75, 3.05) is 6.54 Å². The van der Waals surface area contributed by atoms with Crippen LogP contribution in [0.15, 0.2) is 22.7 Å². The molecule has 6 heteroatoms. The van der Waals surface area contributed by atoms with Crippen molar-refractivity contribution in [3.8, 4) is 5.75 Å². The molecule has 1 aliphatic carbocycles. The van der Waals surface area contributed by atoms with Crippen LogP contribution in [0.25, 0.3) is 0 Å². The Hall–Kier alpha value is -1.56. The zero-order valence-electron chi connectivity index (χ0n) is 12.0. The monoisotopic (exact) mass is 355 g/mol. The Morgan fingerprint density at radius 3 is 2.62 bits per heavy atom. The number of ether oxygens (including phenoxy) is 1. The minimum Gasteiger partial charge on any atom is -0.490 e. The summed E-state index contributed by atoms with van der Waals surface area (Å²) in [5.41, 5.74) is -0.363. The van der Waals surface area contributed by atoms with Gasteiger partial charge in [0.2, 0.25) is 0 Å². The maximum absolute atomic E-state index is 12.3. The topological polar surface area (TPSA) is 75.6 Å². The summed E-state index contributed by atoms with van der Waals surface area (Å²) in [6.07, 6.45) is 1.16. The van der Waals surface area contributed by atoms with Gasteiger partial charge in [-0.05, 0) is 44.9 Å². The number of carboxylic acids is 1. The van der Waals surface area contributed by atoms with Crippen molar-refractivity contribution in [3.63, 3.8) is 0 Å². The fraction of sp³-hybridized carbons (Fsp3) is 0.467. The summed E-state index contributed by atoms with van der Waals surface area (Å²) in [4.78, 5) is 23.4. The second-order valence-corrected chi connectivity index (χ2v) is 6.49. The number of carboxylic acid groups (broad SMARTS) is 1. The Balaban J connectivity index is 2.10. The molecule has 1 saturated carbocycles. The van der Waals surface area contributed by atoms with Crippen molar-refractivity contribution >= 4 is 27.8 Å². The zero-order valence-corrected chi connectivity index (χ0v) is 13.6. The van der Waals surface area contributed by atoms with E-state index in [2.05, 4.69) is 21.2 Å². The fourth-order valence-electron chi connectivity index (χ4n) is 2.00. The Labute approximate surface area is 131 Å². The third kappa shape index (κ3) is 3.75. The van der Waals surface area contributed by atoms with Crippen molar-refractivity contribution in [2.24, 2.45) is 5.41 Å². The summed E-state index contributed by atoms with van der Waals surface area (Å²) in [6.45, 7) is 3.91. The van der Waals surface area contributed by atoms with Crippen LogP contribution in [-0.2, 0) is 4.79 Å². The van der Waals surface area contributed by atoms with Gasteiger partial charge in [0, 0.05) is 11.0 Å². The summed E-state index contributed by atoms with van der Waals surface area (Å²) in [5, 5.41) is 11.8. The van der Waals surface area contributed by atoms with Gasteiger partial charge in [-0.1, -0.05) is 15.9 Å². The van der Waals surface area contributed by atoms with Crippen LogP contribution >= 0.6 is 15.9 Å². The second kappa shape index (κ2) is 6.05. The van der Waals surface area contributed by atoms with Gasteiger partial charge in [0.25, 0.3) is 5.91 Å². The summed E-state index contributed by atoms with van der Waals surface area (Å²) in [6, 6.07) is 5.16. The van der Waals surface area contributed by atoms with Gasteiger partial charge in [0.1, 0.15) is 5.75 Å². The van der Waals surface area contributed by atoms with Crippen molar-refractivity contribution in [1.82, 2.24) is 5.32 Å². The molecule has 114 valence electrons. The lowest BCUT2D eigenvalue weighted by Gasteiger charge is -2.16. The molecule has 1 fully saturated rings. The highest BCUT2D eigenvalue weighted by atomic mass is 79.9. The van der Waals surface area contributed by atoms with Crippen molar-refractivity contribution in [1.29, 1.82) is 0 Å². The SMILES string of the molecule is CC(C)Oc1cc(Br)ccc1C(=O)NCC1(C(=O)O)CC1. The molecule has 0 aliphatic heterocycles. The molecule has 0 bridgehead atoms. The maximum atomic E-state index is 12.3. The number of carbonyl (C=O) groups excluding carboxylic acids is 1. The van der Waals surface area contributed by atoms with E-state index in [4.69, 9.17) is 9.84 Å². The van der Waals surface area contributed by atoms with Gasteiger partial charge in [0.05, 0.1) is 17.1 Å². The maximum Gasteiger partial charge on any atom is 0.311 e. The Kier molecular flexibility index (Phi) is 4.56. The molecular formula is C15H18BrNO4. The van der Waals surface area contributed by atoms with Gasteiger partial charge in [-0.2, -0.15) is 0 Å². The smallest absolute Gasteiger partial charge is 0.311 e. The molecule has 2 N–H and O–H groups in total. The number of rotatable bonds is 6. The lowest BCUT2D eigenvalue weighted by atomic mass is 10.1. The molecule has 1 aromatic carbocycles. The van der Waals surface area contributed by atoms with Crippen LogP contribution in [0, 0.1) is 5.41 Å². The number of aliphatic carboxylic acids is 1. The highest BCUT2D eigenvalue weighted by Crippen LogP contribution is 2.45. The Morgan fingerprint density at radius 2 is 2.10 bits per heavy atom. The fourth-order valence-corrected chi connectivity index (χ4v) is 2.34. The molecule has 5 nitrogen and oxygen atoms in total. The molecule has 0 atom stereocenters. The number of amides is 1. The van der Waals surface area contributed by atoms with Crippen LogP contribution < -0.4 is 10.1 Å². The van der Waals surface area contributed by atoms with Crippen LogP contribution in [0.3, 0.4) is 0 Å². The molecule has 0 heterocycles. The first-order chi connectivity index (χ1) is 9.84. The van der Waals surface area contributed by atoms with Gasteiger partial charge in [0.15, 0.2) is 0 Å². The molecule has 0 unspecified atom stereocenters. The number of hydrogen-bond acceptors (Lipinski definition) is 3. The van der Waals surface area contributed by atoms with Crippen molar-refractivity contribution in [2.45, 2.75) is 32.8 Å². The van der Waals surface area contributed by atoms with Gasteiger partial charge in [-0.15, -0.1) is 0 Å². The van der Waals surface area contributed by atoms with E-state index < -0.39 is 11.4 Å². The quantitative estimate of drug-likeness (QED) is 0.822. The first kappa shape index (κ1) is 15.8. The van der Waals surface area contributed by atoms with E-state index in [1.807, 2.05) is 13.8 Å². The van der Waals surface area contributed by atoms with Gasteiger partial charge in [-0.25, -0.2) is 0 Å². The van der Waals surface area contributed by atoms with E-state index >= 15 is 0 Å². The minimum atomic E-state index is -0.850. The number of nitrogens with one attached hydrogen (secondary N) is 1. The molecule has 1 amide bonds. The van der Waals surface area contributed by atoms with E-state index in [9.17, 15) is 9.59 Å². The first-order valence-electron chi connectivity index (χ1n) is 6.82. The first-order valence-corrected chi connectivity index (χ1v) is 7.61. The molecule has 0 aromatic heterocycles. The minimum absolute atomic E-state index is 0.0559. The molecule has 2 rings (SSSR count). The standard InChI is InChI=1S/C15H18BrNO4/c1-9(2)21-12-7-10(16)3-4-11(12)13(18)17-8-15(5-6-15)14(19)20/h3-4,7,9H,5-6,8H2,1-2H3,(H,17,18)(H,19,20). The zero-order chi connectivity index (χ0) is 15.6. The molecule has 0 spiro atoms. The molecule has 1 aromatic rings. The van der Waals surface area contributed by atoms with Crippen molar-refractivity contribution < 1.29 is 19.4 Å². The number of benzene rings is 1. The van der Waals surface area contributed by atoms with E-state index in [0.29, 0.717) is 24.2 Å².